The van der Waals surface area contributed by atoms with E-state index in [4.69, 9.17) is 4.74 Å². The van der Waals surface area contributed by atoms with Crippen molar-refractivity contribution in [1.82, 2.24) is 30.1 Å². The molecule has 2 aromatic heterocycles. The lowest BCUT2D eigenvalue weighted by molar-refractivity contribution is -0.00489. The van der Waals surface area contributed by atoms with Gasteiger partial charge in [0.1, 0.15) is 5.82 Å². The average Bonchev–Trinajstić information content (AvgIpc) is 3.48. The molecule has 2 atom stereocenters. The molecule has 0 radical (unpaired) electrons. The smallest absolute Gasteiger partial charge is 0.271 e. The van der Waals surface area contributed by atoms with Gasteiger partial charge in [0.2, 0.25) is 0 Å². The summed E-state index contributed by atoms with van der Waals surface area (Å²) in [7, 11) is 0. The maximum Gasteiger partial charge on any atom is 0.271 e. The Bertz CT molecular complexity index is 1460. The first-order chi connectivity index (χ1) is 16.5. The summed E-state index contributed by atoms with van der Waals surface area (Å²) in [4.78, 5) is 27.0. The minimum atomic E-state index is -0.596. The first-order valence-electron chi connectivity index (χ1n) is 10.9. The van der Waals surface area contributed by atoms with E-state index in [0.29, 0.717) is 47.8 Å². The third kappa shape index (κ3) is 3.75. The van der Waals surface area contributed by atoms with Gasteiger partial charge < -0.3 is 9.64 Å². The molecule has 2 aliphatic rings. The maximum atomic E-state index is 14.7. The van der Waals surface area contributed by atoms with Crippen molar-refractivity contribution in [2.24, 2.45) is 0 Å². The number of ether oxygens (including phenoxy) is 1. The maximum absolute atomic E-state index is 14.7. The van der Waals surface area contributed by atoms with Gasteiger partial charge in [0.25, 0.3) is 11.5 Å². The number of aromatic nitrogens is 5. The zero-order valence-corrected chi connectivity index (χ0v) is 18.6. The van der Waals surface area contributed by atoms with Crippen LogP contribution in [0.3, 0.4) is 0 Å². The number of aromatic amines is 1. The summed E-state index contributed by atoms with van der Waals surface area (Å²) in [5.74, 6) is -1.00. The molecule has 0 saturated carbocycles. The standard InChI is InChI=1S/C24H23FN6O3/c1-3-5-17-16(4-2)23(32)28-27-20(17)9-14-6-7-19(25)18(8-14)24(33)30-11-21-22(12-30)34-13-15-10-26-29-31(15)21/h3-8,10,21-22H,1,9,11-13H2,2H3,(H,28,32). The Morgan fingerprint density at radius 2 is 2.21 bits per heavy atom. The summed E-state index contributed by atoms with van der Waals surface area (Å²) in [6.07, 6.45) is 6.74. The molecule has 1 saturated heterocycles. The van der Waals surface area contributed by atoms with Crippen molar-refractivity contribution in [3.05, 3.63) is 86.2 Å². The van der Waals surface area contributed by atoms with Crippen LogP contribution in [0, 0.1) is 5.82 Å². The number of carbonyl (C=O) groups is 1. The quantitative estimate of drug-likeness (QED) is 0.604. The van der Waals surface area contributed by atoms with E-state index in [1.165, 1.54) is 6.07 Å². The number of halogens is 1. The van der Waals surface area contributed by atoms with Crippen LogP contribution in [-0.4, -0.2) is 55.2 Å². The highest BCUT2D eigenvalue weighted by molar-refractivity contribution is 5.95. The number of nitrogens with one attached hydrogen (secondary N) is 1. The van der Waals surface area contributed by atoms with Crippen LogP contribution < -0.4 is 16.0 Å². The molecule has 1 N–H and O–H groups in total. The van der Waals surface area contributed by atoms with Crippen LogP contribution in [0.4, 0.5) is 4.39 Å². The molecule has 0 spiro atoms. The average molecular weight is 462 g/mol. The minimum absolute atomic E-state index is 0.0177. The van der Waals surface area contributed by atoms with Crippen LogP contribution in [0.2, 0.25) is 0 Å². The van der Waals surface area contributed by atoms with Crippen LogP contribution in [0.1, 0.15) is 40.3 Å². The molecule has 2 unspecified atom stereocenters. The van der Waals surface area contributed by atoms with E-state index in [9.17, 15) is 14.0 Å². The molecule has 10 heteroatoms. The van der Waals surface area contributed by atoms with E-state index in [2.05, 4.69) is 27.1 Å². The number of hydrogen-bond donors (Lipinski definition) is 1. The third-order valence-corrected chi connectivity index (χ3v) is 6.28. The summed E-state index contributed by atoms with van der Waals surface area (Å²) >= 11 is 0. The molecular formula is C24H23FN6O3. The lowest BCUT2D eigenvalue weighted by Crippen LogP contribution is -2.44. The van der Waals surface area contributed by atoms with Crippen LogP contribution >= 0.6 is 0 Å². The molecule has 1 amide bonds. The number of rotatable bonds is 4. The molecule has 1 aromatic carbocycles. The Kier molecular flexibility index (Phi) is 5.66. The fraction of sp³-hybridized carbons (Fsp3) is 0.292. The molecule has 1 fully saturated rings. The highest BCUT2D eigenvalue weighted by atomic mass is 19.1. The Morgan fingerprint density at radius 3 is 3.00 bits per heavy atom. The number of nitrogens with zero attached hydrogens (tertiary/aromatic N) is 5. The van der Waals surface area contributed by atoms with Gasteiger partial charge >= 0.3 is 0 Å². The first-order valence-corrected chi connectivity index (χ1v) is 10.9. The molecule has 5 rings (SSSR count). The minimum Gasteiger partial charge on any atom is -0.368 e. The second kappa shape index (κ2) is 8.79. The van der Waals surface area contributed by atoms with Gasteiger partial charge in [-0.15, -0.1) is 5.10 Å². The van der Waals surface area contributed by atoms with E-state index in [1.807, 2.05) is 0 Å². The van der Waals surface area contributed by atoms with Crippen LogP contribution in [-0.2, 0) is 17.8 Å². The summed E-state index contributed by atoms with van der Waals surface area (Å²) < 4.78 is 22.4. The van der Waals surface area contributed by atoms with Gasteiger partial charge in [-0.25, -0.2) is 14.2 Å². The fourth-order valence-electron chi connectivity index (χ4n) is 4.61. The Labute approximate surface area is 193 Å². The number of fused-ring (bicyclic) bond motifs is 3. The number of H-pyrrole nitrogens is 1. The SMILES string of the molecule is C=CC=c1c(Cc2ccc(F)c(C(=O)N3CC4OCc5cnnn5C4C3)c2)n[nH]c(=O)c1=CC. The molecule has 0 bridgehead atoms. The van der Waals surface area contributed by atoms with E-state index in [0.717, 1.165) is 5.69 Å². The Morgan fingerprint density at radius 1 is 1.35 bits per heavy atom. The van der Waals surface area contributed by atoms with E-state index in [-0.39, 0.29) is 23.3 Å². The van der Waals surface area contributed by atoms with Crippen molar-refractivity contribution in [3.8, 4) is 0 Å². The summed E-state index contributed by atoms with van der Waals surface area (Å²) in [6, 6.07) is 4.29. The van der Waals surface area contributed by atoms with Crippen LogP contribution in [0.5, 0.6) is 0 Å². The monoisotopic (exact) mass is 462 g/mol. The summed E-state index contributed by atoms with van der Waals surface area (Å²) in [5.41, 5.74) is 1.82. The number of allylic oxidation sites excluding steroid dienone is 1. The zero-order valence-electron chi connectivity index (χ0n) is 18.6. The van der Waals surface area contributed by atoms with E-state index < -0.39 is 11.7 Å². The summed E-state index contributed by atoms with van der Waals surface area (Å²) in [6.45, 7) is 6.57. The van der Waals surface area contributed by atoms with Gasteiger partial charge in [0.05, 0.1) is 41.9 Å². The molecule has 2 aliphatic heterocycles. The number of amides is 1. The zero-order chi connectivity index (χ0) is 23.8. The highest BCUT2D eigenvalue weighted by Crippen LogP contribution is 2.31. The molecule has 34 heavy (non-hydrogen) atoms. The van der Waals surface area contributed by atoms with Gasteiger partial charge in [-0.1, -0.05) is 36.1 Å². The lowest BCUT2D eigenvalue weighted by atomic mass is 10.0. The lowest BCUT2D eigenvalue weighted by Gasteiger charge is -2.25. The van der Waals surface area contributed by atoms with E-state index in [1.54, 1.807) is 53.1 Å². The summed E-state index contributed by atoms with van der Waals surface area (Å²) in [5, 5.41) is 15.8. The number of likely N-dealkylation sites (tertiary alicyclic amines) is 1. The van der Waals surface area contributed by atoms with Crippen molar-refractivity contribution in [3.63, 3.8) is 0 Å². The predicted octanol–water partition coefficient (Wildman–Crippen LogP) is 0.454. The van der Waals surface area contributed by atoms with Crippen molar-refractivity contribution < 1.29 is 13.9 Å². The normalized spacial score (nSPS) is 20.4. The van der Waals surface area contributed by atoms with Gasteiger partial charge in [0, 0.05) is 29.9 Å². The van der Waals surface area contributed by atoms with Crippen molar-refractivity contribution in [2.75, 3.05) is 13.1 Å². The number of benzene rings is 1. The highest BCUT2D eigenvalue weighted by Gasteiger charge is 2.41. The Balaban J connectivity index is 1.44. The van der Waals surface area contributed by atoms with E-state index >= 15 is 0 Å². The molecule has 174 valence electrons. The molecule has 0 aliphatic carbocycles. The van der Waals surface area contributed by atoms with Gasteiger partial charge in [0.15, 0.2) is 0 Å². The largest absolute Gasteiger partial charge is 0.368 e. The predicted molar refractivity (Wildman–Crippen MR) is 122 cm³/mol. The van der Waals surface area contributed by atoms with Gasteiger partial charge in [-0.2, -0.15) is 5.10 Å². The van der Waals surface area contributed by atoms with Gasteiger partial charge in [-0.05, 0) is 24.6 Å². The van der Waals surface area contributed by atoms with Gasteiger partial charge in [-0.3, -0.25) is 9.59 Å². The Hall–Kier alpha value is -3.92. The second-order valence-corrected chi connectivity index (χ2v) is 8.31. The third-order valence-electron chi connectivity index (χ3n) is 6.28. The number of carbonyl (C=O) groups excluding carboxylic acids is 1. The molecule has 4 heterocycles. The van der Waals surface area contributed by atoms with Crippen molar-refractivity contribution in [1.29, 1.82) is 0 Å². The first kappa shape index (κ1) is 21.9. The molecule has 9 nitrogen and oxygen atoms in total. The second-order valence-electron chi connectivity index (χ2n) is 8.31. The van der Waals surface area contributed by atoms with Crippen LogP contribution in [0.25, 0.3) is 12.2 Å². The molecular weight excluding hydrogens is 439 g/mol. The topological polar surface area (TPSA) is 106 Å². The van der Waals surface area contributed by atoms with Crippen molar-refractivity contribution >= 4 is 18.1 Å². The number of hydrogen-bond acceptors (Lipinski definition) is 6. The van der Waals surface area contributed by atoms with Crippen LogP contribution in [0.15, 0.2) is 41.8 Å². The van der Waals surface area contributed by atoms with Crippen molar-refractivity contribution in [2.45, 2.75) is 32.1 Å². The molecule has 3 aromatic rings. The fourth-order valence-corrected chi connectivity index (χ4v) is 4.61.